The van der Waals surface area contributed by atoms with Crippen LogP contribution in [-0.2, 0) is 0 Å². The molecule has 0 atom stereocenters. The highest BCUT2D eigenvalue weighted by molar-refractivity contribution is 5.98. The molecule has 2 aromatic rings. The molecule has 0 aliphatic heterocycles. The van der Waals surface area contributed by atoms with E-state index in [0.29, 0.717) is 5.56 Å². The number of non-ortho nitro benzene ring substituents is 1. The van der Waals surface area contributed by atoms with Crippen molar-refractivity contribution in [3.8, 4) is 0 Å². The molecule has 0 aromatic heterocycles. The van der Waals surface area contributed by atoms with E-state index < -0.39 is 15.8 Å². The molecule has 0 spiro atoms. The lowest BCUT2D eigenvalue weighted by molar-refractivity contribution is -0.385. The van der Waals surface area contributed by atoms with Crippen LogP contribution < -0.4 is 5.43 Å². The Kier molecular flexibility index (Phi) is 4.72. The number of hydrogen-bond donors (Lipinski definition) is 1. The van der Waals surface area contributed by atoms with E-state index in [1.54, 1.807) is 6.07 Å². The van der Waals surface area contributed by atoms with E-state index in [1.807, 2.05) is 0 Å². The lowest BCUT2D eigenvalue weighted by atomic mass is 10.2. The number of carbonyl (C=O) groups is 1. The van der Waals surface area contributed by atoms with Crippen LogP contribution in [0.2, 0.25) is 0 Å². The van der Waals surface area contributed by atoms with E-state index in [2.05, 4.69) is 10.5 Å². The van der Waals surface area contributed by atoms with Gasteiger partial charge in [0.05, 0.1) is 16.1 Å². The molecule has 2 aromatic carbocycles. The Bertz CT molecular complexity index is 803. The molecule has 1 N–H and O–H groups in total. The lowest BCUT2D eigenvalue weighted by Crippen LogP contribution is -2.18. The fourth-order valence-electron chi connectivity index (χ4n) is 1.77. The Hall–Kier alpha value is -3.62. The van der Waals surface area contributed by atoms with Gasteiger partial charge in [-0.3, -0.25) is 25.0 Å². The zero-order chi connectivity index (χ0) is 16.8. The van der Waals surface area contributed by atoms with E-state index in [0.717, 1.165) is 0 Å². The van der Waals surface area contributed by atoms with Gasteiger partial charge < -0.3 is 0 Å². The summed E-state index contributed by atoms with van der Waals surface area (Å²) >= 11 is 0. The summed E-state index contributed by atoms with van der Waals surface area (Å²) in [6, 6.07) is 11.1. The molecule has 0 radical (unpaired) electrons. The molecular weight excluding hydrogens is 304 g/mol. The molecule has 0 aliphatic carbocycles. The maximum absolute atomic E-state index is 11.9. The van der Waals surface area contributed by atoms with Crippen LogP contribution in [0.4, 0.5) is 11.4 Å². The van der Waals surface area contributed by atoms with Crippen molar-refractivity contribution in [1.82, 2.24) is 5.43 Å². The van der Waals surface area contributed by atoms with Crippen molar-refractivity contribution in [2.75, 3.05) is 0 Å². The maximum Gasteiger partial charge on any atom is 0.282 e. The minimum absolute atomic E-state index is 0.112. The van der Waals surface area contributed by atoms with Gasteiger partial charge in [0.25, 0.3) is 17.3 Å². The molecule has 0 bridgehead atoms. The number of para-hydroxylation sites is 1. The lowest BCUT2D eigenvalue weighted by Gasteiger charge is -2.01. The van der Waals surface area contributed by atoms with Gasteiger partial charge in [0.2, 0.25) is 0 Å². The number of hydrogen-bond acceptors (Lipinski definition) is 6. The second kappa shape index (κ2) is 6.89. The average Bonchev–Trinajstić information content (AvgIpc) is 2.55. The molecule has 23 heavy (non-hydrogen) atoms. The number of amides is 1. The van der Waals surface area contributed by atoms with Gasteiger partial charge in [-0.05, 0) is 6.07 Å². The molecule has 0 saturated heterocycles. The van der Waals surface area contributed by atoms with Crippen molar-refractivity contribution in [2.45, 2.75) is 0 Å². The molecule has 116 valence electrons. The van der Waals surface area contributed by atoms with Crippen LogP contribution in [0.25, 0.3) is 0 Å². The van der Waals surface area contributed by atoms with Gasteiger partial charge in [-0.1, -0.05) is 24.3 Å². The van der Waals surface area contributed by atoms with Gasteiger partial charge in [-0.2, -0.15) is 5.10 Å². The molecule has 0 saturated carbocycles. The summed E-state index contributed by atoms with van der Waals surface area (Å²) in [4.78, 5) is 32.2. The normalized spacial score (nSPS) is 10.4. The Morgan fingerprint density at radius 2 is 1.78 bits per heavy atom. The first-order chi connectivity index (χ1) is 11.0. The van der Waals surface area contributed by atoms with E-state index in [9.17, 15) is 25.0 Å². The van der Waals surface area contributed by atoms with Crippen molar-refractivity contribution in [3.05, 3.63) is 79.9 Å². The maximum atomic E-state index is 11.9. The third-order valence-electron chi connectivity index (χ3n) is 2.81. The van der Waals surface area contributed by atoms with E-state index in [-0.39, 0.29) is 16.9 Å². The molecule has 0 unspecified atom stereocenters. The van der Waals surface area contributed by atoms with E-state index in [4.69, 9.17) is 0 Å². The summed E-state index contributed by atoms with van der Waals surface area (Å²) in [5.41, 5.74) is 1.97. The number of carbonyl (C=O) groups excluding carboxylic acids is 1. The monoisotopic (exact) mass is 314 g/mol. The second-order valence-corrected chi connectivity index (χ2v) is 4.33. The molecule has 0 aliphatic rings. The molecule has 0 fully saturated rings. The largest absolute Gasteiger partial charge is 0.282 e. The van der Waals surface area contributed by atoms with Crippen molar-refractivity contribution in [1.29, 1.82) is 0 Å². The highest BCUT2D eigenvalue weighted by Crippen LogP contribution is 2.17. The van der Waals surface area contributed by atoms with Crippen molar-refractivity contribution in [3.63, 3.8) is 0 Å². The third-order valence-corrected chi connectivity index (χ3v) is 2.81. The predicted molar refractivity (Wildman–Crippen MR) is 81.3 cm³/mol. The van der Waals surface area contributed by atoms with E-state index >= 15 is 0 Å². The zero-order valence-corrected chi connectivity index (χ0v) is 11.6. The van der Waals surface area contributed by atoms with Crippen LogP contribution in [0.3, 0.4) is 0 Å². The SMILES string of the molecule is O=C(NN=Cc1cccc([N+](=O)[O-])c1)c1ccccc1[N+](=O)[O-]. The van der Waals surface area contributed by atoms with Crippen LogP contribution in [0, 0.1) is 20.2 Å². The van der Waals surface area contributed by atoms with Gasteiger partial charge in [-0.15, -0.1) is 0 Å². The van der Waals surface area contributed by atoms with Crippen LogP contribution in [0.1, 0.15) is 15.9 Å². The average molecular weight is 314 g/mol. The van der Waals surface area contributed by atoms with Gasteiger partial charge in [0, 0.05) is 23.8 Å². The van der Waals surface area contributed by atoms with Crippen molar-refractivity contribution in [2.24, 2.45) is 5.10 Å². The molecule has 9 heteroatoms. The van der Waals surface area contributed by atoms with Gasteiger partial charge >= 0.3 is 0 Å². The summed E-state index contributed by atoms with van der Waals surface area (Å²) < 4.78 is 0. The topological polar surface area (TPSA) is 128 Å². The van der Waals surface area contributed by atoms with E-state index in [1.165, 1.54) is 48.7 Å². The van der Waals surface area contributed by atoms with Crippen LogP contribution in [-0.4, -0.2) is 22.0 Å². The Balaban J connectivity index is 2.12. The van der Waals surface area contributed by atoms with Crippen molar-refractivity contribution >= 4 is 23.5 Å². The minimum Gasteiger partial charge on any atom is -0.267 e. The number of nitrogens with one attached hydrogen (secondary N) is 1. The number of hydrazone groups is 1. The van der Waals surface area contributed by atoms with Gasteiger partial charge in [0.1, 0.15) is 5.56 Å². The Labute approximate surface area is 129 Å². The smallest absolute Gasteiger partial charge is 0.267 e. The van der Waals surface area contributed by atoms with Gasteiger partial charge in [-0.25, -0.2) is 5.43 Å². The zero-order valence-electron chi connectivity index (χ0n) is 11.6. The fourth-order valence-corrected chi connectivity index (χ4v) is 1.77. The predicted octanol–water partition coefficient (Wildman–Crippen LogP) is 2.27. The first-order valence-electron chi connectivity index (χ1n) is 6.30. The molecular formula is C14H10N4O5. The number of nitro groups is 2. The summed E-state index contributed by atoms with van der Waals surface area (Å²) in [7, 11) is 0. The number of benzene rings is 2. The molecule has 2 rings (SSSR count). The number of rotatable bonds is 5. The fraction of sp³-hybridized carbons (Fsp3) is 0. The number of nitrogens with zero attached hydrogens (tertiary/aromatic N) is 3. The molecule has 0 heterocycles. The Morgan fingerprint density at radius 1 is 1.04 bits per heavy atom. The van der Waals surface area contributed by atoms with Gasteiger partial charge in [0.15, 0.2) is 0 Å². The minimum atomic E-state index is -0.751. The first kappa shape index (κ1) is 15.8. The third kappa shape index (κ3) is 3.94. The van der Waals surface area contributed by atoms with Crippen LogP contribution in [0.15, 0.2) is 53.6 Å². The first-order valence-corrected chi connectivity index (χ1v) is 6.30. The number of nitro benzene ring substituents is 2. The highest BCUT2D eigenvalue weighted by Gasteiger charge is 2.18. The molecule has 1 amide bonds. The standard InChI is InChI=1S/C14H10N4O5/c19-14(12-6-1-2-7-13(12)18(22)23)16-15-9-10-4-3-5-11(8-10)17(20)21/h1-9H,(H,16,19). The summed E-state index contributed by atoms with van der Waals surface area (Å²) in [6.45, 7) is 0. The molecule has 9 nitrogen and oxygen atoms in total. The quantitative estimate of drug-likeness (QED) is 0.514. The Morgan fingerprint density at radius 3 is 2.48 bits per heavy atom. The van der Waals surface area contributed by atoms with Crippen LogP contribution >= 0.6 is 0 Å². The summed E-state index contributed by atoms with van der Waals surface area (Å²) in [6.07, 6.45) is 1.21. The summed E-state index contributed by atoms with van der Waals surface area (Å²) in [5.74, 6) is -0.751. The van der Waals surface area contributed by atoms with Crippen molar-refractivity contribution < 1.29 is 14.6 Å². The van der Waals surface area contributed by atoms with Crippen LogP contribution in [0.5, 0.6) is 0 Å². The highest BCUT2D eigenvalue weighted by atomic mass is 16.6. The summed E-state index contributed by atoms with van der Waals surface area (Å²) in [5, 5.41) is 25.1. The second-order valence-electron chi connectivity index (χ2n) is 4.33.